The van der Waals surface area contributed by atoms with Crippen molar-refractivity contribution in [3.63, 3.8) is 0 Å². The summed E-state index contributed by atoms with van der Waals surface area (Å²) in [5.41, 5.74) is 0. The van der Waals surface area contributed by atoms with Gasteiger partial charge >= 0.3 is 0 Å². The molecule has 1 aromatic heterocycles. The first-order valence-electron chi connectivity index (χ1n) is 6.45. The Labute approximate surface area is 125 Å². The Morgan fingerprint density at radius 2 is 2.32 bits per heavy atom. The zero-order valence-corrected chi connectivity index (χ0v) is 13.0. The van der Waals surface area contributed by atoms with Crippen LogP contribution in [0.2, 0.25) is 0 Å². The summed E-state index contributed by atoms with van der Waals surface area (Å²) in [7, 11) is 0. The lowest BCUT2D eigenvalue weighted by atomic mass is 9.90. The van der Waals surface area contributed by atoms with E-state index in [0.29, 0.717) is 17.2 Å². The summed E-state index contributed by atoms with van der Waals surface area (Å²) >= 11 is 4.79. The summed E-state index contributed by atoms with van der Waals surface area (Å²) in [6, 6.07) is 1.89. The molecule has 1 amide bonds. The van der Waals surface area contributed by atoms with E-state index in [-0.39, 0.29) is 18.6 Å². The van der Waals surface area contributed by atoms with Crippen LogP contribution >= 0.6 is 27.3 Å². The number of amides is 1. The van der Waals surface area contributed by atoms with Gasteiger partial charge in [0, 0.05) is 30.3 Å². The van der Waals surface area contributed by atoms with E-state index in [9.17, 15) is 9.90 Å². The summed E-state index contributed by atoms with van der Waals surface area (Å²) in [5, 5.41) is 14.1. The number of aliphatic hydroxyl groups excluding tert-OH is 1. The highest BCUT2D eigenvalue weighted by molar-refractivity contribution is 9.10. The van der Waals surface area contributed by atoms with Gasteiger partial charge in [0.2, 0.25) is 0 Å². The van der Waals surface area contributed by atoms with Crippen LogP contribution in [0.3, 0.4) is 0 Å². The predicted octanol–water partition coefficient (Wildman–Crippen LogP) is 2.42. The Morgan fingerprint density at radius 1 is 1.58 bits per heavy atom. The molecule has 6 heteroatoms. The van der Waals surface area contributed by atoms with Gasteiger partial charge in [-0.2, -0.15) is 0 Å². The molecule has 1 aromatic rings. The van der Waals surface area contributed by atoms with Gasteiger partial charge in [-0.3, -0.25) is 4.79 Å². The predicted molar refractivity (Wildman–Crippen MR) is 78.5 cm³/mol. The van der Waals surface area contributed by atoms with Gasteiger partial charge < -0.3 is 15.2 Å². The van der Waals surface area contributed by atoms with Crippen LogP contribution in [-0.2, 0) is 4.74 Å². The number of hydrogen-bond acceptors (Lipinski definition) is 4. The molecule has 19 heavy (non-hydrogen) atoms. The molecule has 0 bridgehead atoms. The first kappa shape index (κ1) is 15.0. The van der Waals surface area contributed by atoms with Crippen LogP contribution < -0.4 is 5.32 Å². The second-order valence-electron chi connectivity index (χ2n) is 4.64. The van der Waals surface area contributed by atoms with Crippen molar-refractivity contribution in [3.8, 4) is 0 Å². The van der Waals surface area contributed by atoms with Gasteiger partial charge in [-0.15, -0.1) is 11.3 Å². The third-order valence-electron chi connectivity index (χ3n) is 3.41. The van der Waals surface area contributed by atoms with Crippen molar-refractivity contribution in [1.82, 2.24) is 5.32 Å². The van der Waals surface area contributed by atoms with Crippen molar-refractivity contribution >= 4 is 33.2 Å². The fourth-order valence-corrected chi connectivity index (χ4v) is 3.83. The Morgan fingerprint density at radius 3 is 2.89 bits per heavy atom. The SMILES string of the molecule is O=C(NC(CCO)C1CCOCC1)c1sccc1Br. The second kappa shape index (κ2) is 7.38. The van der Waals surface area contributed by atoms with Crippen molar-refractivity contribution in [1.29, 1.82) is 0 Å². The molecular weight excluding hydrogens is 330 g/mol. The number of halogens is 1. The Hall–Kier alpha value is -0.430. The average Bonchev–Trinajstić information content (AvgIpc) is 2.85. The van der Waals surface area contributed by atoms with Crippen molar-refractivity contribution in [2.75, 3.05) is 19.8 Å². The number of nitrogens with one attached hydrogen (secondary N) is 1. The minimum Gasteiger partial charge on any atom is -0.396 e. The molecule has 1 saturated heterocycles. The van der Waals surface area contributed by atoms with Crippen LogP contribution in [0.1, 0.15) is 28.9 Å². The van der Waals surface area contributed by atoms with Crippen molar-refractivity contribution < 1.29 is 14.6 Å². The average molecular weight is 348 g/mol. The number of rotatable bonds is 5. The smallest absolute Gasteiger partial charge is 0.262 e. The molecule has 0 saturated carbocycles. The summed E-state index contributed by atoms with van der Waals surface area (Å²) < 4.78 is 6.17. The minimum absolute atomic E-state index is 0.0235. The normalized spacial score (nSPS) is 18.2. The van der Waals surface area contributed by atoms with E-state index < -0.39 is 0 Å². The Kier molecular flexibility index (Phi) is 5.81. The lowest BCUT2D eigenvalue weighted by molar-refractivity contribution is 0.0479. The van der Waals surface area contributed by atoms with Crippen LogP contribution in [0.15, 0.2) is 15.9 Å². The fourth-order valence-electron chi connectivity index (χ4n) is 2.37. The summed E-state index contributed by atoms with van der Waals surface area (Å²) in [5.74, 6) is 0.329. The van der Waals surface area contributed by atoms with Gasteiger partial charge in [0.1, 0.15) is 4.88 Å². The molecule has 0 radical (unpaired) electrons. The van der Waals surface area contributed by atoms with E-state index in [2.05, 4.69) is 21.2 Å². The van der Waals surface area contributed by atoms with Gasteiger partial charge in [0.05, 0.1) is 0 Å². The molecule has 2 N–H and O–H groups in total. The fraction of sp³-hybridized carbons (Fsp3) is 0.615. The van der Waals surface area contributed by atoms with E-state index in [1.165, 1.54) is 11.3 Å². The number of ether oxygens (including phenoxy) is 1. The van der Waals surface area contributed by atoms with Gasteiger partial charge in [-0.25, -0.2) is 0 Å². The molecule has 1 aliphatic rings. The maximum atomic E-state index is 12.2. The number of carbonyl (C=O) groups excluding carboxylic acids is 1. The molecule has 2 rings (SSSR count). The molecule has 1 unspecified atom stereocenters. The molecule has 4 nitrogen and oxygen atoms in total. The highest BCUT2D eigenvalue weighted by Gasteiger charge is 2.26. The highest BCUT2D eigenvalue weighted by Crippen LogP contribution is 2.25. The minimum atomic E-state index is -0.0631. The molecule has 1 aliphatic heterocycles. The molecule has 0 aromatic carbocycles. The monoisotopic (exact) mass is 347 g/mol. The second-order valence-corrected chi connectivity index (χ2v) is 6.41. The molecule has 1 fully saturated rings. The van der Waals surface area contributed by atoms with Crippen LogP contribution in [0.25, 0.3) is 0 Å². The van der Waals surface area contributed by atoms with Gasteiger partial charge in [0.25, 0.3) is 5.91 Å². The van der Waals surface area contributed by atoms with E-state index in [1.54, 1.807) is 0 Å². The van der Waals surface area contributed by atoms with Gasteiger partial charge in [0.15, 0.2) is 0 Å². The van der Waals surface area contributed by atoms with Crippen molar-refractivity contribution in [3.05, 3.63) is 20.8 Å². The van der Waals surface area contributed by atoms with Gasteiger partial charge in [-0.1, -0.05) is 0 Å². The lowest BCUT2D eigenvalue weighted by Crippen LogP contribution is -2.42. The molecule has 0 spiro atoms. The summed E-state index contributed by atoms with van der Waals surface area (Å²) in [4.78, 5) is 12.9. The number of thiophene rings is 1. The van der Waals surface area contributed by atoms with E-state index in [1.807, 2.05) is 11.4 Å². The highest BCUT2D eigenvalue weighted by atomic mass is 79.9. The zero-order chi connectivity index (χ0) is 13.7. The molecule has 1 atom stereocenters. The van der Waals surface area contributed by atoms with Crippen molar-refractivity contribution in [2.45, 2.75) is 25.3 Å². The molecule has 106 valence electrons. The van der Waals surface area contributed by atoms with E-state index in [0.717, 1.165) is 30.5 Å². The van der Waals surface area contributed by atoms with Gasteiger partial charge in [-0.05, 0) is 52.6 Å². The maximum Gasteiger partial charge on any atom is 0.262 e. The topological polar surface area (TPSA) is 58.6 Å². The van der Waals surface area contributed by atoms with Crippen LogP contribution in [0.5, 0.6) is 0 Å². The summed E-state index contributed by atoms with van der Waals surface area (Å²) in [6.45, 7) is 1.57. The summed E-state index contributed by atoms with van der Waals surface area (Å²) in [6.07, 6.45) is 2.48. The molecule has 0 aliphatic carbocycles. The van der Waals surface area contributed by atoms with Crippen LogP contribution in [0, 0.1) is 5.92 Å². The zero-order valence-electron chi connectivity index (χ0n) is 10.6. The third-order valence-corrected chi connectivity index (χ3v) is 5.25. The quantitative estimate of drug-likeness (QED) is 0.859. The Bertz CT molecular complexity index is 418. The van der Waals surface area contributed by atoms with Crippen LogP contribution in [0.4, 0.5) is 0 Å². The molecule has 2 heterocycles. The van der Waals surface area contributed by atoms with Crippen molar-refractivity contribution in [2.24, 2.45) is 5.92 Å². The lowest BCUT2D eigenvalue weighted by Gasteiger charge is -2.30. The number of carbonyl (C=O) groups is 1. The largest absolute Gasteiger partial charge is 0.396 e. The third kappa shape index (κ3) is 4.02. The van der Waals surface area contributed by atoms with E-state index in [4.69, 9.17) is 4.74 Å². The Balaban J connectivity index is 1.99. The first-order chi connectivity index (χ1) is 9.22. The standard InChI is InChI=1S/C13H18BrNO3S/c14-10-4-8-19-12(10)13(17)15-11(1-5-16)9-2-6-18-7-3-9/h4,8-9,11,16H,1-3,5-7H2,(H,15,17). The molecular formula is C13H18BrNO3S. The first-order valence-corrected chi connectivity index (χ1v) is 8.12. The number of aliphatic hydroxyl groups is 1. The maximum absolute atomic E-state index is 12.2. The van der Waals surface area contributed by atoms with E-state index >= 15 is 0 Å². The van der Waals surface area contributed by atoms with Crippen LogP contribution in [-0.4, -0.2) is 36.9 Å². The number of hydrogen-bond donors (Lipinski definition) is 2.